The van der Waals surface area contributed by atoms with Crippen LogP contribution in [0.25, 0.3) is 0 Å². The van der Waals surface area contributed by atoms with Crippen LogP contribution in [0.4, 0.5) is 0 Å². The number of hydrogen-bond acceptors (Lipinski definition) is 5. The Morgan fingerprint density at radius 2 is 1.34 bits per heavy atom. The van der Waals surface area contributed by atoms with Gasteiger partial charge in [-0.2, -0.15) is 5.26 Å². The number of hydrogen-bond donors (Lipinski definition) is 3. The second-order valence-electron chi connectivity index (χ2n) is 10.4. The molecule has 1 unspecified atom stereocenters. The van der Waals surface area contributed by atoms with Crippen molar-refractivity contribution in [1.82, 2.24) is 20.9 Å². The van der Waals surface area contributed by atoms with E-state index < -0.39 is 5.41 Å². The van der Waals surface area contributed by atoms with E-state index in [1.807, 2.05) is 91.0 Å². The van der Waals surface area contributed by atoms with Crippen molar-refractivity contribution in [1.29, 1.82) is 5.26 Å². The second-order valence-corrected chi connectivity index (χ2v) is 10.4. The lowest BCUT2D eigenvalue weighted by atomic mass is 9.67. The van der Waals surface area contributed by atoms with Gasteiger partial charge < -0.3 is 20.9 Å². The number of rotatable bonds is 12. The van der Waals surface area contributed by atoms with Crippen LogP contribution in [0, 0.1) is 17.4 Å². The minimum atomic E-state index is -0.745. The van der Waals surface area contributed by atoms with Crippen molar-refractivity contribution in [3.8, 4) is 6.19 Å². The van der Waals surface area contributed by atoms with Crippen molar-refractivity contribution in [3.63, 3.8) is 0 Å². The molecule has 1 atom stereocenters. The van der Waals surface area contributed by atoms with Gasteiger partial charge >= 0.3 is 0 Å². The molecule has 1 aliphatic rings. The van der Waals surface area contributed by atoms with E-state index in [2.05, 4.69) is 22.1 Å². The largest absolute Gasteiger partial charge is 0.356 e. The number of nitrogens with one attached hydrogen (secondary N) is 3. The Balaban J connectivity index is 1.32. The first-order valence-electron chi connectivity index (χ1n) is 14.1. The average molecular weight is 552 g/mol. The van der Waals surface area contributed by atoms with Crippen LogP contribution < -0.4 is 16.0 Å². The second kappa shape index (κ2) is 14.7. The van der Waals surface area contributed by atoms with Crippen molar-refractivity contribution >= 4 is 17.7 Å². The zero-order valence-electron chi connectivity index (χ0n) is 23.2. The van der Waals surface area contributed by atoms with Gasteiger partial charge in [0.1, 0.15) is 0 Å². The molecule has 3 aromatic carbocycles. The predicted octanol–water partition coefficient (Wildman–Crippen LogP) is 3.34. The molecule has 1 saturated heterocycles. The van der Waals surface area contributed by atoms with Crippen LogP contribution >= 0.6 is 0 Å². The summed E-state index contributed by atoms with van der Waals surface area (Å²) in [6.45, 7) is 1.95. The summed E-state index contributed by atoms with van der Waals surface area (Å²) in [5.74, 6) is -0.505. The lowest BCUT2D eigenvalue weighted by molar-refractivity contribution is -0.126. The number of benzene rings is 3. The standard InChI is InChI=1S/C33H37N5O3/c34-25-38-20-10-11-26(24-38)22-36-30(39)18-19-35-32(41)23-37-31(40)21-33(27-12-4-1-5-13-27,28-14-6-2-7-15-28)29-16-8-3-9-17-29/h1-9,12-17,26H,10-11,18-24H2,(H,35,41)(H,36,39)(H,37,40). The van der Waals surface area contributed by atoms with E-state index in [0.717, 1.165) is 36.1 Å². The van der Waals surface area contributed by atoms with Gasteiger partial charge in [0.05, 0.1) is 12.0 Å². The fourth-order valence-electron chi connectivity index (χ4n) is 5.50. The Bertz CT molecular complexity index is 1230. The summed E-state index contributed by atoms with van der Waals surface area (Å²) in [6, 6.07) is 29.8. The molecule has 4 rings (SSSR count). The van der Waals surface area contributed by atoms with Gasteiger partial charge in [-0.15, -0.1) is 0 Å². The van der Waals surface area contributed by atoms with Crippen LogP contribution in [0.5, 0.6) is 0 Å². The van der Waals surface area contributed by atoms with E-state index >= 15 is 0 Å². The maximum Gasteiger partial charge on any atom is 0.239 e. The quantitative estimate of drug-likeness (QED) is 0.236. The third kappa shape index (κ3) is 7.95. The molecule has 0 radical (unpaired) electrons. The van der Waals surface area contributed by atoms with Gasteiger partial charge in [0.25, 0.3) is 0 Å². The van der Waals surface area contributed by atoms with Crippen LogP contribution in [0.1, 0.15) is 42.4 Å². The highest BCUT2D eigenvalue weighted by molar-refractivity contribution is 5.86. The molecule has 0 bridgehead atoms. The summed E-state index contributed by atoms with van der Waals surface area (Å²) in [5, 5.41) is 17.5. The molecule has 0 aliphatic carbocycles. The van der Waals surface area contributed by atoms with Crippen molar-refractivity contribution in [2.45, 2.75) is 31.1 Å². The Labute approximate surface area is 241 Å². The molecule has 41 heavy (non-hydrogen) atoms. The number of likely N-dealkylation sites (tertiary alicyclic amines) is 1. The van der Waals surface area contributed by atoms with Crippen LogP contribution in [0.15, 0.2) is 91.0 Å². The average Bonchev–Trinajstić information content (AvgIpc) is 3.03. The molecule has 0 spiro atoms. The van der Waals surface area contributed by atoms with Crippen LogP contribution in [0.3, 0.4) is 0 Å². The summed E-state index contributed by atoms with van der Waals surface area (Å²) in [7, 11) is 0. The minimum absolute atomic E-state index is 0.116. The first-order valence-corrected chi connectivity index (χ1v) is 14.1. The number of carbonyl (C=O) groups is 3. The molecule has 0 saturated carbocycles. The first kappa shape index (κ1) is 29.3. The maximum absolute atomic E-state index is 13.4. The molecule has 1 aliphatic heterocycles. The lowest BCUT2D eigenvalue weighted by Crippen LogP contribution is -2.42. The zero-order chi connectivity index (χ0) is 28.9. The zero-order valence-corrected chi connectivity index (χ0v) is 23.2. The number of nitrogens with zero attached hydrogens (tertiary/aromatic N) is 2. The molecule has 8 heteroatoms. The van der Waals surface area contributed by atoms with Gasteiger partial charge in [-0.05, 0) is 35.4 Å². The van der Waals surface area contributed by atoms with Gasteiger partial charge in [-0.3, -0.25) is 14.4 Å². The topological polar surface area (TPSA) is 114 Å². The predicted molar refractivity (Wildman–Crippen MR) is 157 cm³/mol. The first-order chi connectivity index (χ1) is 20.0. The summed E-state index contributed by atoms with van der Waals surface area (Å²) in [4.78, 5) is 39.8. The number of carbonyl (C=O) groups excluding carboxylic acids is 3. The summed E-state index contributed by atoms with van der Waals surface area (Å²) >= 11 is 0. The van der Waals surface area contributed by atoms with Crippen molar-refractivity contribution < 1.29 is 14.4 Å². The van der Waals surface area contributed by atoms with Gasteiger partial charge in [-0.25, -0.2) is 0 Å². The van der Waals surface area contributed by atoms with Crippen LogP contribution in [0.2, 0.25) is 0 Å². The van der Waals surface area contributed by atoms with E-state index in [9.17, 15) is 14.4 Å². The molecule has 1 heterocycles. The van der Waals surface area contributed by atoms with Crippen molar-refractivity contribution in [3.05, 3.63) is 108 Å². The Morgan fingerprint density at radius 3 is 1.88 bits per heavy atom. The fraction of sp³-hybridized carbons (Fsp3) is 0.333. The lowest BCUT2D eigenvalue weighted by Gasteiger charge is -2.35. The van der Waals surface area contributed by atoms with Crippen molar-refractivity contribution in [2.75, 3.05) is 32.7 Å². The van der Waals surface area contributed by atoms with Gasteiger partial charge in [0.2, 0.25) is 17.7 Å². The maximum atomic E-state index is 13.4. The van der Waals surface area contributed by atoms with Gasteiger partial charge in [-0.1, -0.05) is 91.0 Å². The normalized spacial score (nSPS) is 14.9. The number of amides is 3. The monoisotopic (exact) mass is 551 g/mol. The van der Waals surface area contributed by atoms with Gasteiger partial charge in [0.15, 0.2) is 6.19 Å². The number of piperidine rings is 1. The molecule has 3 N–H and O–H groups in total. The van der Waals surface area contributed by atoms with E-state index in [4.69, 9.17) is 5.26 Å². The minimum Gasteiger partial charge on any atom is -0.356 e. The van der Waals surface area contributed by atoms with E-state index in [1.54, 1.807) is 4.90 Å². The van der Waals surface area contributed by atoms with E-state index in [1.165, 1.54) is 0 Å². The highest BCUT2D eigenvalue weighted by Gasteiger charge is 2.38. The number of nitriles is 1. The molecule has 8 nitrogen and oxygen atoms in total. The smallest absolute Gasteiger partial charge is 0.239 e. The Kier molecular flexibility index (Phi) is 10.5. The van der Waals surface area contributed by atoms with Crippen LogP contribution in [-0.2, 0) is 19.8 Å². The molecule has 1 fully saturated rings. The highest BCUT2D eigenvalue weighted by Crippen LogP contribution is 2.42. The van der Waals surface area contributed by atoms with Crippen LogP contribution in [-0.4, -0.2) is 55.3 Å². The fourth-order valence-corrected chi connectivity index (χ4v) is 5.50. The molecular weight excluding hydrogens is 514 g/mol. The molecule has 3 amide bonds. The summed E-state index contributed by atoms with van der Waals surface area (Å²) in [6.07, 6.45) is 4.36. The van der Waals surface area contributed by atoms with Gasteiger partial charge in [0, 0.05) is 39.0 Å². The highest BCUT2D eigenvalue weighted by atomic mass is 16.2. The molecule has 0 aromatic heterocycles. The Morgan fingerprint density at radius 1 is 0.780 bits per heavy atom. The molecule has 212 valence electrons. The summed E-state index contributed by atoms with van der Waals surface area (Å²) in [5.41, 5.74) is 2.20. The third-order valence-corrected chi connectivity index (χ3v) is 7.59. The van der Waals surface area contributed by atoms with Crippen molar-refractivity contribution in [2.24, 2.45) is 5.92 Å². The molecule has 3 aromatic rings. The van der Waals surface area contributed by atoms with E-state index in [-0.39, 0.29) is 49.6 Å². The molecular formula is C33H37N5O3. The summed E-state index contributed by atoms with van der Waals surface area (Å²) < 4.78 is 0. The van der Waals surface area contributed by atoms with E-state index in [0.29, 0.717) is 13.1 Å². The Hall–Kier alpha value is -4.64. The third-order valence-electron chi connectivity index (χ3n) is 7.59. The SMILES string of the molecule is N#CN1CCCC(CNC(=O)CCNC(=O)CNC(=O)CC(c2ccccc2)(c2ccccc2)c2ccccc2)C1.